The highest BCUT2D eigenvalue weighted by Crippen LogP contribution is 2.21. The van der Waals surface area contributed by atoms with E-state index in [0.29, 0.717) is 23.6 Å². The number of hydrogen-bond acceptors (Lipinski definition) is 3. The Kier molecular flexibility index (Phi) is 6.75. The Morgan fingerprint density at radius 3 is 2.88 bits per heavy atom. The van der Waals surface area contributed by atoms with E-state index < -0.39 is 0 Å². The zero-order valence-corrected chi connectivity index (χ0v) is 14.0. The number of halogens is 2. The molecule has 0 unspecified atom stereocenters. The van der Waals surface area contributed by atoms with Gasteiger partial charge < -0.3 is 4.74 Å². The lowest BCUT2D eigenvalue weighted by molar-refractivity contribution is -0.121. The van der Waals surface area contributed by atoms with Gasteiger partial charge in [-0.25, -0.2) is 9.82 Å². The first-order chi connectivity index (χ1) is 11.6. The number of hydrazone groups is 1. The monoisotopic (exact) mass is 348 g/mol. The fourth-order valence-corrected chi connectivity index (χ4v) is 2.23. The Labute approximate surface area is 145 Å². The fraction of sp³-hybridized carbons (Fsp3) is 0.222. The molecule has 0 spiro atoms. The standard InChI is InChI=1S/C18H18ClFN2O2/c1-13-11-15(19)8-9-17(13)24-10-4-7-18(23)22-21-12-14-5-2-3-6-16(14)20/h2-3,5-6,8-9,11-12H,4,7,10H2,1H3,(H,22,23)/b21-12+. The number of carbonyl (C=O) groups is 1. The maximum atomic E-state index is 13.4. The van der Waals surface area contributed by atoms with E-state index in [9.17, 15) is 9.18 Å². The highest BCUT2D eigenvalue weighted by molar-refractivity contribution is 6.30. The quantitative estimate of drug-likeness (QED) is 0.465. The molecule has 0 heterocycles. The molecule has 0 aliphatic rings. The SMILES string of the molecule is Cc1cc(Cl)ccc1OCCCC(=O)N/N=C/c1ccccc1F. The van der Waals surface area contributed by atoms with E-state index in [1.807, 2.05) is 13.0 Å². The maximum absolute atomic E-state index is 13.4. The van der Waals surface area contributed by atoms with Crippen LogP contribution in [-0.4, -0.2) is 18.7 Å². The van der Waals surface area contributed by atoms with Crippen LogP contribution in [0.5, 0.6) is 5.75 Å². The molecule has 1 N–H and O–H groups in total. The van der Waals surface area contributed by atoms with Gasteiger partial charge in [-0.1, -0.05) is 29.8 Å². The predicted octanol–water partition coefficient (Wildman–Crippen LogP) is 4.10. The van der Waals surface area contributed by atoms with Crippen molar-refractivity contribution in [2.45, 2.75) is 19.8 Å². The molecule has 0 fully saturated rings. The van der Waals surface area contributed by atoms with Crippen LogP contribution in [0.2, 0.25) is 5.02 Å². The van der Waals surface area contributed by atoms with Crippen molar-refractivity contribution in [3.63, 3.8) is 0 Å². The van der Waals surface area contributed by atoms with Crippen LogP contribution in [0, 0.1) is 12.7 Å². The Bertz CT molecular complexity index is 735. The Morgan fingerprint density at radius 1 is 1.33 bits per heavy atom. The van der Waals surface area contributed by atoms with Gasteiger partial charge in [0.05, 0.1) is 12.8 Å². The number of benzene rings is 2. The van der Waals surface area contributed by atoms with Gasteiger partial charge >= 0.3 is 0 Å². The summed E-state index contributed by atoms with van der Waals surface area (Å²) in [4.78, 5) is 11.6. The molecule has 2 rings (SSSR count). The van der Waals surface area contributed by atoms with E-state index in [-0.39, 0.29) is 18.1 Å². The number of nitrogens with zero attached hydrogens (tertiary/aromatic N) is 1. The van der Waals surface area contributed by atoms with Crippen molar-refractivity contribution in [3.8, 4) is 5.75 Å². The summed E-state index contributed by atoms with van der Waals surface area (Å²) >= 11 is 5.88. The van der Waals surface area contributed by atoms with Gasteiger partial charge in [0.15, 0.2) is 0 Å². The van der Waals surface area contributed by atoms with Gasteiger partial charge in [-0.05, 0) is 43.2 Å². The molecule has 4 nitrogen and oxygen atoms in total. The lowest BCUT2D eigenvalue weighted by atomic mass is 10.2. The molecule has 2 aromatic rings. The fourth-order valence-electron chi connectivity index (χ4n) is 2.00. The molecule has 126 valence electrons. The molecule has 0 bridgehead atoms. The summed E-state index contributed by atoms with van der Waals surface area (Å²) in [6.45, 7) is 2.32. The molecule has 0 aliphatic carbocycles. The number of amides is 1. The van der Waals surface area contributed by atoms with Crippen molar-refractivity contribution in [2.75, 3.05) is 6.61 Å². The summed E-state index contributed by atoms with van der Waals surface area (Å²) in [5, 5.41) is 4.40. The minimum atomic E-state index is -0.387. The lowest BCUT2D eigenvalue weighted by Gasteiger charge is -2.08. The minimum Gasteiger partial charge on any atom is -0.493 e. The highest BCUT2D eigenvalue weighted by Gasteiger charge is 2.03. The van der Waals surface area contributed by atoms with E-state index in [1.165, 1.54) is 12.3 Å². The van der Waals surface area contributed by atoms with Crippen molar-refractivity contribution in [1.29, 1.82) is 0 Å². The van der Waals surface area contributed by atoms with Crippen LogP contribution in [0.4, 0.5) is 4.39 Å². The molecule has 0 atom stereocenters. The number of carbonyl (C=O) groups excluding carboxylic acids is 1. The molecule has 0 aliphatic heterocycles. The van der Waals surface area contributed by atoms with E-state index in [0.717, 1.165) is 11.3 Å². The predicted molar refractivity (Wildman–Crippen MR) is 93.1 cm³/mol. The molecular formula is C18H18ClFN2O2. The third kappa shape index (κ3) is 5.66. The van der Waals surface area contributed by atoms with Crippen LogP contribution in [0.1, 0.15) is 24.0 Å². The van der Waals surface area contributed by atoms with Crippen LogP contribution in [-0.2, 0) is 4.79 Å². The first-order valence-electron chi connectivity index (χ1n) is 7.51. The number of aryl methyl sites for hydroxylation is 1. The zero-order valence-electron chi connectivity index (χ0n) is 13.3. The second-order valence-electron chi connectivity index (χ2n) is 5.18. The molecule has 24 heavy (non-hydrogen) atoms. The van der Waals surface area contributed by atoms with Gasteiger partial charge in [-0.2, -0.15) is 5.10 Å². The van der Waals surface area contributed by atoms with E-state index in [4.69, 9.17) is 16.3 Å². The van der Waals surface area contributed by atoms with Gasteiger partial charge in [0.2, 0.25) is 5.91 Å². The van der Waals surface area contributed by atoms with E-state index in [2.05, 4.69) is 10.5 Å². The third-order valence-corrected chi connectivity index (χ3v) is 3.48. The molecule has 6 heteroatoms. The van der Waals surface area contributed by atoms with Gasteiger partial charge in [0, 0.05) is 17.0 Å². The molecule has 2 aromatic carbocycles. The summed E-state index contributed by atoms with van der Waals surface area (Å²) in [5.74, 6) is 0.110. The van der Waals surface area contributed by atoms with Crippen molar-refractivity contribution in [2.24, 2.45) is 5.10 Å². The van der Waals surface area contributed by atoms with Crippen LogP contribution < -0.4 is 10.2 Å². The normalized spacial score (nSPS) is 10.8. The Balaban J connectivity index is 1.69. The van der Waals surface area contributed by atoms with E-state index >= 15 is 0 Å². The third-order valence-electron chi connectivity index (χ3n) is 3.24. The number of nitrogens with one attached hydrogen (secondary N) is 1. The molecular weight excluding hydrogens is 331 g/mol. The Morgan fingerprint density at radius 2 is 2.12 bits per heavy atom. The zero-order chi connectivity index (χ0) is 17.4. The summed E-state index contributed by atoms with van der Waals surface area (Å²) in [5.41, 5.74) is 3.63. The van der Waals surface area contributed by atoms with E-state index in [1.54, 1.807) is 30.3 Å². The van der Waals surface area contributed by atoms with Crippen LogP contribution in [0.3, 0.4) is 0 Å². The summed E-state index contributed by atoms with van der Waals surface area (Å²) in [6, 6.07) is 11.6. The number of ether oxygens (including phenoxy) is 1. The smallest absolute Gasteiger partial charge is 0.240 e. The average Bonchev–Trinajstić information content (AvgIpc) is 2.55. The van der Waals surface area contributed by atoms with Crippen LogP contribution in [0.15, 0.2) is 47.6 Å². The maximum Gasteiger partial charge on any atom is 0.240 e. The summed E-state index contributed by atoms with van der Waals surface area (Å²) < 4.78 is 19.0. The van der Waals surface area contributed by atoms with Crippen molar-refractivity contribution < 1.29 is 13.9 Å². The summed E-state index contributed by atoms with van der Waals surface area (Å²) in [7, 11) is 0. The van der Waals surface area contributed by atoms with Gasteiger partial charge in [0.1, 0.15) is 11.6 Å². The first kappa shape index (κ1) is 17.9. The van der Waals surface area contributed by atoms with Gasteiger partial charge in [-0.15, -0.1) is 0 Å². The van der Waals surface area contributed by atoms with Crippen molar-refractivity contribution >= 4 is 23.7 Å². The van der Waals surface area contributed by atoms with Crippen LogP contribution >= 0.6 is 11.6 Å². The average molecular weight is 349 g/mol. The van der Waals surface area contributed by atoms with Crippen molar-refractivity contribution in [1.82, 2.24) is 5.43 Å². The molecule has 1 amide bonds. The molecule has 0 saturated heterocycles. The Hall–Kier alpha value is -2.40. The highest BCUT2D eigenvalue weighted by atomic mass is 35.5. The molecule has 0 radical (unpaired) electrons. The minimum absolute atomic E-state index is 0.251. The van der Waals surface area contributed by atoms with Crippen molar-refractivity contribution in [3.05, 3.63) is 64.4 Å². The van der Waals surface area contributed by atoms with Gasteiger partial charge in [0.25, 0.3) is 0 Å². The largest absolute Gasteiger partial charge is 0.493 e. The molecule has 0 saturated carbocycles. The summed E-state index contributed by atoms with van der Waals surface area (Å²) in [6.07, 6.45) is 2.09. The second kappa shape index (κ2) is 9.03. The molecule has 0 aromatic heterocycles. The van der Waals surface area contributed by atoms with Gasteiger partial charge in [-0.3, -0.25) is 4.79 Å². The number of rotatable bonds is 7. The van der Waals surface area contributed by atoms with Crippen LogP contribution in [0.25, 0.3) is 0 Å². The lowest BCUT2D eigenvalue weighted by Crippen LogP contribution is -2.18. The first-order valence-corrected chi connectivity index (χ1v) is 7.89. The topological polar surface area (TPSA) is 50.7 Å². The number of hydrogen-bond donors (Lipinski definition) is 1. The second-order valence-corrected chi connectivity index (χ2v) is 5.61.